The molecule has 0 aliphatic heterocycles. The molecule has 0 unspecified atom stereocenters. The number of fused-ring (bicyclic) bond motifs is 1. The van der Waals surface area contributed by atoms with Gasteiger partial charge < -0.3 is 19.2 Å². The lowest BCUT2D eigenvalue weighted by Crippen LogP contribution is -2.13. The maximum atomic E-state index is 12.6. The van der Waals surface area contributed by atoms with Crippen molar-refractivity contribution in [3.05, 3.63) is 59.2 Å². The number of nitrogens with one attached hydrogen (secondary N) is 1. The van der Waals surface area contributed by atoms with Crippen molar-refractivity contribution in [2.75, 3.05) is 19.0 Å². The van der Waals surface area contributed by atoms with Gasteiger partial charge in [-0.15, -0.1) is 11.3 Å². The van der Waals surface area contributed by atoms with Crippen LogP contribution in [-0.4, -0.2) is 24.6 Å². The van der Waals surface area contributed by atoms with Gasteiger partial charge >= 0.3 is 0 Å². The van der Waals surface area contributed by atoms with Crippen molar-refractivity contribution in [3.63, 3.8) is 0 Å². The summed E-state index contributed by atoms with van der Waals surface area (Å²) < 4.78 is 16.3. The SMILES string of the molecule is CCOc1ccc(-c2nc(NC(=O)Cc3coc4cc(OC)ccc34)sc2C)cc1. The molecular formula is C23H22N2O4S. The molecule has 0 spiro atoms. The summed E-state index contributed by atoms with van der Waals surface area (Å²) in [6.07, 6.45) is 1.82. The molecule has 0 aliphatic carbocycles. The van der Waals surface area contributed by atoms with Crippen LogP contribution in [0.25, 0.3) is 22.2 Å². The summed E-state index contributed by atoms with van der Waals surface area (Å²) in [7, 11) is 1.61. The molecule has 4 aromatic rings. The number of furan rings is 1. The molecule has 2 heterocycles. The highest BCUT2D eigenvalue weighted by atomic mass is 32.1. The van der Waals surface area contributed by atoms with Crippen LogP contribution in [0.5, 0.6) is 11.5 Å². The summed E-state index contributed by atoms with van der Waals surface area (Å²) in [6.45, 7) is 4.58. The number of carbonyl (C=O) groups is 1. The highest BCUT2D eigenvalue weighted by Crippen LogP contribution is 2.32. The van der Waals surface area contributed by atoms with Gasteiger partial charge in [-0.2, -0.15) is 0 Å². The minimum Gasteiger partial charge on any atom is -0.497 e. The molecule has 30 heavy (non-hydrogen) atoms. The van der Waals surface area contributed by atoms with Gasteiger partial charge in [0, 0.05) is 27.5 Å². The highest BCUT2D eigenvalue weighted by molar-refractivity contribution is 7.16. The average molecular weight is 423 g/mol. The van der Waals surface area contributed by atoms with Gasteiger partial charge in [-0.25, -0.2) is 4.98 Å². The van der Waals surface area contributed by atoms with Crippen LogP contribution < -0.4 is 14.8 Å². The summed E-state index contributed by atoms with van der Waals surface area (Å²) in [6, 6.07) is 13.4. The molecule has 0 aliphatic rings. The molecule has 2 aromatic carbocycles. The predicted molar refractivity (Wildman–Crippen MR) is 119 cm³/mol. The number of benzene rings is 2. The third kappa shape index (κ3) is 4.16. The third-order valence-corrected chi connectivity index (χ3v) is 5.58. The number of aryl methyl sites for hydroxylation is 1. The van der Waals surface area contributed by atoms with Crippen LogP contribution in [0.4, 0.5) is 5.13 Å². The molecule has 0 fully saturated rings. The average Bonchev–Trinajstić information content (AvgIpc) is 3.31. The molecule has 0 bridgehead atoms. The van der Waals surface area contributed by atoms with Crippen molar-refractivity contribution in [2.24, 2.45) is 0 Å². The van der Waals surface area contributed by atoms with Crippen molar-refractivity contribution < 1.29 is 18.7 Å². The van der Waals surface area contributed by atoms with Gasteiger partial charge in [-0.1, -0.05) is 0 Å². The largest absolute Gasteiger partial charge is 0.497 e. The van der Waals surface area contributed by atoms with E-state index in [1.54, 1.807) is 13.4 Å². The number of ether oxygens (including phenoxy) is 2. The Hall–Kier alpha value is -3.32. The van der Waals surface area contributed by atoms with E-state index in [2.05, 4.69) is 10.3 Å². The standard InChI is InChI=1S/C23H22N2O4S/c1-4-28-17-7-5-15(6-8-17)22-14(2)30-23(25-22)24-21(26)11-16-13-29-20-12-18(27-3)9-10-19(16)20/h5-10,12-13H,4,11H2,1-3H3,(H,24,25,26). The Morgan fingerprint density at radius 2 is 1.93 bits per heavy atom. The topological polar surface area (TPSA) is 73.6 Å². The van der Waals surface area contributed by atoms with Crippen molar-refractivity contribution in [3.8, 4) is 22.8 Å². The predicted octanol–water partition coefficient (Wildman–Crippen LogP) is 5.45. The van der Waals surface area contributed by atoms with Gasteiger partial charge in [0.1, 0.15) is 17.1 Å². The number of hydrogen-bond acceptors (Lipinski definition) is 6. The van der Waals surface area contributed by atoms with Crippen LogP contribution in [-0.2, 0) is 11.2 Å². The summed E-state index contributed by atoms with van der Waals surface area (Å²) in [5, 5.41) is 4.39. The molecule has 154 valence electrons. The maximum Gasteiger partial charge on any atom is 0.230 e. The van der Waals surface area contributed by atoms with Crippen LogP contribution in [0.1, 0.15) is 17.4 Å². The molecule has 0 atom stereocenters. The summed E-state index contributed by atoms with van der Waals surface area (Å²) in [4.78, 5) is 18.2. The number of rotatable bonds is 7. The number of thiazole rings is 1. The number of hydrogen-bond donors (Lipinski definition) is 1. The van der Waals surface area contributed by atoms with Crippen LogP contribution in [0.3, 0.4) is 0 Å². The van der Waals surface area contributed by atoms with E-state index in [4.69, 9.17) is 13.9 Å². The van der Waals surface area contributed by atoms with Crippen LogP contribution in [0, 0.1) is 6.92 Å². The Kier molecular flexibility index (Phi) is 5.72. The maximum absolute atomic E-state index is 12.6. The first-order valence-electron chi connectivity index (χ1n) is 9.62. The lowest BCUT2D eigenvalue weighted by Gasteiger charge is -2.04. The Bertz CT molecular complexity index is 1180. The zero-order valence-electron chi connectivity index (χ0n) is 17.0. The van der Waals surface area contributed by atoms with E-state index >= 15 is 0 Å². The Morgan fingerprint density at radius 1 is 1.17 bits per heavy atom. The zero-order valence-corrected chi connectivity index (χ0v) is 17.8. The number of carbonyl (C=O) groups excluding carboxylic acids is 1. The Labute approximate surface area is 178 Å². The second-order valence-electron chi connectivity index (χ2n) is 6.73. The first-order valence-corrected chi connectivity index (χ1v) is 10.4. The highest BCUT2D eigenvalue weighted by Gasteiger charge is 2.15. The zero-order chi connectivity index (χ0) is 21.1. The van der Waals surface area contributed by atoms with E-state index in [-0.39, 0.29) is 12.3 Å². The molecule has 2 aromatic heterocycles. The Morgan fingerprint density at radius 3 is 2.67 bits per heavy atom. The monoisotopic (exact) mass is 422 g/mol. The first kappa shape index (κ1) is 20.0. The number of nitrogens with zero attached hydrogens (tertiary/aromatic N) is 1. The van der Waals surface area contributed by atoms with Crippen molar-refractivity contribution in [2.45, 2.75) is 20.3 Å². The smallest absolute Gasteiger partial charge is 0.230 e. The molecule has 0 saturated heterocycles. The molecule has 4 rings (SSSR count). The molecule has 1 N–H and O–H groups in total. The Balaban J connectivity index is 1.47. The molecule has 0 saturated carbocycles. The van der Waals surface area contributed by atoms with Crippen LogP contribution in [0.2, 0.25) is 0 Å². The van der Waals surface area contributed by atoms with Crippen LogP contribution in [0.15, 0.2) is 53.1 Å². The van der Waals surface area contributed by atoms with Crippen molar-refractivity contribution >= 4 is 33.3 Å². The number of anilines is 1. The quantitative estimate of drug-likeness (QED) is 0.428. The third-order valence-electron chi connectivity index (χ3n) is 4.70. The van der Waals surface area contributed by atoms with Gasteiger partial charge in [0.05, 0.1) is 32.1 Å². The number of amides is 1. The minimum atomic E-state index is -0.138. The second kappa shape index (κ2) is 8.59. The van der Waals surface area contributed by atoms with Crippen molar-refractivity contribution in [1.29, 1.82) is 0 Å². The molecule has 6 nitrogen and oxygen atoms in total. The fourth-order valence-electron chi connectivity index (χ4n) is 3.26. The van der Waals surface area contributed by atoms with Gasteiger partial charge in [0.25, 0.3) is 0 Å². The van der Waals surface area contributed by atoms with Gasteiger partial charge in [0.2, 0.25) is 5.91 Å². The van der Waals surface area contributed by atoms with E-state index in [0.29, 0.717) is 23.1 Å². The van der Waals surface area contributed by atoms with E-state index in [1.807, 2.05) is 56.3 Å². The van der Waals surface area contributed by atoms with E-state index in [9.17, 15) is 4.79 Å². The fraction of sp³-hybridized carbons (Fsp3) is 0.217. The second-order valence-corrected chi connectivity index (χ2v) is 7.93. The van der Waals surface area contributed by atoms with Crippen molar-refractivity contribution in [1.82, 2.24) is 4.98 Å². The normalized spacial score (nSPS) is 10.9. The number of aromatic nitrogens is 1. The van der Waals surface area contributed by atoms with Crippen LogP contribution >= 0.6 is 11.3 Å². The summed E-state index contributed by atoms with van der Waals surface area (Å²) in [5.41, 5.74) is 3.37. The lowest BCUT2D eigenvalue weighted by molar-refractivity contribution is -0.115. The van der Waals surface area contributed by atoms with E-state index in [1.165, 1.54) is 11.3 Å². The van der Waals surface area contributed by atoms with Gasteiger partial charge in [-0.3, -0.25) is 4.79 Å². The summed E-state index contributed by atoms with van der Waals surface area (Å²) >= 11 is 1.46. The van der Waals surface area contributed by atoms with E-state index < -0.39 is 0 Å². The number of methoxy groups -OCH3 is 1. The van der Waals surface area contributed by atoms with E-state index in [0.717, 1.165) is 32.8 Å². The first-order chi connectivity index (χ1) is 14.6. The van der Waals surface area contributed by atoms with Gasteiger partial charge in [-0.05, 0) is 50.2 Å². The molecule has 0 radical (unpaired) electrons. The molecule has 7 heteroatoms. The summed E-state index contributed by atoms with van der Waals surface area (Å²) in [5.74, 6) is 1.40. The fourth-order valence-corrected chi connectivity index (χ4v) is 4.11. The minimum absolute atomic E-state index is 0.138. The lowest BCUT2D eigenvalue weighted by atomic mass is 10.1. The molecular weight excluding hydrogens is 400 g/mol. The van der Waals surface area contributed by atoms with Gasteiger partial charge in [0.15, 0.2) is 5.13 Å². The molecule has 1 amide bonds.